The molecule has 0 aromatic carbocycles. The third-order valence-electron chi connectivity index (χ3n) is 2.78. The zero-order chi connectivity index (χ0) is 12.3. The van der Waals surface area contributed by atoms with Crippen molar-refractivity contribution < 1.29 is 19.8 Å². The van der Waals surface area contributed by atoms with Crippen molar-refractivity contribution in [3.05, 3.63) is 16.6 Å². The van der Waals surface area contributed by atoms with Gasteiger partial charge in [0.1, 0.15) is 11.1 Å². The monoisotopic (exact) mass is 258 g/mol. The number of carboxylic acid groups (broad SMARTS) is 1. The van der Waals surface area contributed by atoms with Crippen LogP contribution in [0.15, 0.2) is 11.6 Å². The summed E-state index contributed by atoms with van der Waals surface area (Å²) >= 11 is 1.40. The van der Waals surface area contributed by atoms with Crippen LogP contribution < -0.4 is 0 Å². The average molecular weight is 258 g/mol. The Morgan fingerprint density at radius 3 is 3.18 bits per heavy atom. The zero-order valence-corrected chi connectivity index (χ0v) is 9.97. The lowest BCUT2D eigenvalue weighted by molar-refractivity contribution is -0.150. The highest BCUT2D eigenvalue weighted by atomic mass is 32.1. The first kappa shape index (κ1) is 12.3. The van der Waals surface area contributed by atoms with Crippen LogP contribution in [-0.4, -0.2) is 39.5 Å². The lowest BCUT2D eigenvalue weighted by atomic mass is 9.94. The third-order valence-corrected chi connectivity index (χ3v) is 3.62. The molecule has 6 nitrogen and oxygen atoms in total. The molecule has 94 valence electrons. The van der Waals surface area contributed by atoms with E-state index in [1.165, 1.54) is 16.4 Å². The molecular weight excluding hydrogens is 244 g/mol. The fourth-order valence-electron chi connectivity index (χ4n) is 2.01. The number of piperidine rings is 1. The number of hydroxylamine groups is 2. The average Bonchev–Trinajstić information content (AvgIpc) is 2.81. The summed E-state index contributed by atoms with van der Waals surface area (Å²) in [6, 6.07) is 0. The largest absolute Gasteiger partial charge is 0.525 e. The van der Waals surface area contributed by atoms with Crippen molar-refractivity contribution in [3.63, 3.8) is 0 Å². The van der Waals surface area contributed by atoms with Crippen molar-refractivity contribution in [2.45, 2.75) is 18.9 Å². The molecular formula is C10H14N2O4S. The molecule has 0 bridgehead atoms. The minimum absolute atomic E-state index is 0.0331. The van der Waals surface area contributed by atoms with Gasteiger partial charge in [-0.3, -0.25) is 0 Å². The molecule has 1 aliphatic rings. The summed E-state index contributed by atoms with van der Waals surface area (Å²) < 4.78 is 0. The van der Waals surface area contributed by atoms with Crippen LogP contribution in [0, 0.1) is 5.92 Å². The molecule has 2 atom stereocenters. The third kappa shape index (κ3) is 3.15. The SMILES string of the molecule is O=C(O)ON1CCCC(C(O)c2nccs2)C1. The Morgan fingerprint density at radius 2 is 2.53 bits per heavy atom. The predicted molar refractivity (Wildman–Crippen MR) is 60.5 cm³/mol. The molecule has 0 spiro atoms. The van der Waals surface area contributed by atoms with Crippen LogP contribution in [0.3, 0.4) is 0 Å². The van der Waals surface area contributed by atoms with E-state index in [1.807, 2.05) is 5.38 Å². The summed E-state index contributed by atoms with van der Waals surface area (Å²) in [5, 5.41) is 22.5. The fourth-order valence-corrected chi connectivity index (χ4v) is 2.72. The number of hydrogen-bond donors (Lipinski definition) is 2. The first-order valence-electron chi connectivity index (χ1n) is 5.40. The van der Waals surface area contributed by atoms with Crippen molar-refractivity contribution in [1.29, 1.82) is 0 Å². The number of hydrogen-bond acceptors (Lipinski definition) is 6. The van der Waals surface area contributed by atoms with Gasteiger partial charge in [0, 0.05) is 30.6 Å². The molecule has 0 amide bonds. The lowest BCUT2D eigenvalue weighted by Gasteiger charge is -2.32. The summed E-state index contributed by atoms with van der Waals surface area (Å²) in [6.07, 6.45) is 1.35. The maximum Gasteiger partial charge on any atom is 0.525 e. The number of nitrogens with zero attached hydrogens (tertiary/aromatic N) is 2. The quantitative estimate of drug-likeness (QED) is 0.854. The number of aromatic nitrogens is 1. The van der Waals surface area contributed by atoms with Gasteiger partial charge in [-0.25, -0.2) is 9.78 Å². The Morgan fingerprint density at radius 1 is 1.71 bits per heavy atom. The van der Waals surface area contributed by atoms with Crippen LogP contribution >= 0.6 is 11.3 Å². The second-order valence-corrected chi connectivity index (χ2v) is 4.89. The molecule has 1 saturated heterocycles. The Hall–Kier alpha value is -1.18. The van der Waals surface area contributed by atoms with Gasteiger partial charge in [0.05, 0.1) is 0 Å². The number of aliphatic hydroxyl groups excluding tert-OH is 1. The van der Waals surface area contributed by atoms with Gasteiger partial charge < -0.3 is 15.1 Å². The maximum atomic E-state index is 10.4. The van der Waals surface area contributed by atoms with Crippen LogP contribution in [0.5, 0.6) is 0 Å². The van der Waals surface area contributed by atoms with Crippen LogP contribution in [0.25, 0.3) is 0 Å². The second kappa shape index (κ2) is 5.44. The molecule has 1 aromatic rings. The van der Waals surface area contributed by atoms with E-state index in [9.17, 15) is 9.90 Å². The molecule has 2 rings (SSSR count). The van der Waals surface area contributed by atoms with Gasteiger partial charge in [-0.05, 0) is 12.8 Å². The molecule has 2 unspecified atom stereocenters. The minimum atomic E-state index is -1.31. The number of rotatable bonds is 3. The summed E-state index contributed by atoms with van der Waals surface area (Å²) in [5.41, 5.74) is 0. The second-order valence-electron chi connectivity index (χ2n) is 3.96. The molecule has 1 aliphatic heterocycles. The summed E-state index contributed by atoms with van der Waals surface area (Å²) in [4.78, 5) is 19.1. The summed E-state index contributed by atoms with van der Waals surface area (Å²) in [5.74, 6) is -0.0331. The maximum absolute atomic E-state index is 10.4. The highest BCUT2D eigenvalue weighted by Gasteiger charge is 2.30. The molecule has 7 heteroatoms. The van der Waals surface area contributed by atoms with Crippen molar-refractivity contribution in [1.82, 2.24) is 10.0 Å². The van der Waals surface area contributed by atoms with Crippen LogP contribution in [0.4, 0.5) is 4.79 Å². The van der Waals surface area contributed by atoms with Crippen LogP contribution in [-0.2, 0) is 4.84 Å². The Kier molecular flexibility index (Phi) is 3.93. The van der Waals surface area contributed by atoms with Gasteiger partial charge in [-0.15, -0.1) is 16.4 Å². The zero-order valence-electron chi connectivity index (χ0n) is 9.15. The van der Waals surface area contributed by atoms with Gasteiger partial charge in [-0.2, -0.15) is 0 Å². The number of thiazole rings is 1. The van der Waals surface area contributed by atoms with Crippen molar-refractivity contribution in [3.8, 4) is 0 Å². The Bertz CT molecular complexity index is 370. The smallest absolute Gasteiger partial charge is 0.448 e. The van der Waals surface area contributed by atoms with E-state index in [2.05, 4.69) is 9.82 Å². The van der Waals surface area contributed by atoms with Gasteiger partial charge in [0.15, 0.2) is 0 Å². The molecule has 0 saturated carbocycles. The van der Waals surface area contributed by atoms with Crippen LogP contribution in [0.1, 0.15) is 24.0 Å². The molecule has 1 fully saturated rings. The first-order chi connectivity index (χ1) is 8.16. The van der Waals surface area contributed by atoms with Crippen molar-refractivity contribution in [2.75, 3.05) is 13.1 Å². The van der Waals surface area contributed by atoms with Crippen molar-refractivity contribution >= 4 is 17.5 Å². The standard InChI is InChI=1S/C10H14N2O4S/c13-8(9-11-3-5-17-9)7-2-1-4-12(6-7)16-10(14)15/h3,5,7-8,13H,1-2,4,6H2,(H,14,15). The van der Waals surface area contributed by atoms with Crippen molar-refractivity contribution in [2.24, 2.45) is 5.92 Å². The number of carbonyl (C=O) groups is 1. The van der Waals surface area contributed by atoms with E-state index < -0.39 is 12.3 Å². The van der Waals surface area contributed by atoms with Gasteiger partial charge in [0.2, 0.25) is 0 Å². The minimum Gasteiger partial charge on any atom is -0.448 e. The first-order valence-corrected chi connectivity index (χ1v) is 6.28. The van der Waals surface area contributed by atoms with Crippen LogP contribution in [0.2, 0.25) is 0 Å². The van der Waals surface area contributed by atoms with Gasteiger partial charge >= 0.3 is 6.16 Å². The van der Waals surface area contributed by atoms with E-state index in [0.717, 1.165) is 12.8 Å². The van der Waals surface area contributed by atoms with Gasteiger partial charge in [-0.1, -0.05) is 0 Å². The predicted octanol–water partition coefficient (Wildman–Crippen LogP) is 1.50. The number of aliphatic hydroxyl groups is 1. The molecule has 2 heterocycles. The Labute approximate surface area is 102 Å². The lowest BCUT2D eigenvalue weighted by Crippen LogP contribution is -2.38. The van der Waals surface area contributed by atoms with E-state index in [4.69, 9.17) is 5.11 Å². The summed E-state index contributed by atoms with van der Waals surface area (Å²) in [6.45, 7) is 0.987. The molecule has 0 aliphatic carbocycles. The van der Waals surface area contributed by atoms with E-state index in [1.54, 1.807) is 6.20 Å². The fraction of sp³-hybridized carbons (Fsp3) is 0.600. The van der Waals surface area contributed by atoms with E-state index in [-0.39, 0.29) is 5.92 Å². The highest BCUT2D eigenvalue weighted by Crippen LogP contribution is 2.30. The topological polar surface area (TPSA) is 82.9 Å². The van der Waals surface area contributed by atoms with E-state index in [0.29, 0.717) is 18.1 Å². The molecule has 0 radical (unpaired) electrons. The molecule has 1 aromatic heterocycles. The Balaban J connectivity index is 1.95. The summed E-state index contributed by atoms with van der Waals surface area (Å²) in [7, 11) is 0. The molecule has 2 N–H and O–H groups in total. The normalized spacial score (nSPS) is 23.2. The van der Waals surface area contributed by atoms with E-state index >= 15 is 0 Å². The highest BCUT2D eigenvalue weighted by molar-refractivity contribution is 7.09. The molecule has 17 heavy (non-hydrogen) atoms. The van der Waals surface area contributed by atoms with Gasteiger partial charge in [0.25, 0.3) is 0 Å².